The maximum Gasteiger partial charge on any atom is 0.328 e. The van der Waals surface area contributed by atoms with Crippen LogP contribution in [0.25, 0.3) is 0 Å². The smallest absolute Gasteiger partial charge is 0.328 e. The number of nitrogens with zero attached hydrogens (tertiary/aromatic N) is 1. The van der Waals surface area contributed by atoms with Crippen molar-refractivity contribution in [2.45, 2.75) is 52.7 Å². The highest BCUT2D eigenvalue weighted by atomic mass is 16.7. The van der Waals surface area contributed by atoms with Gasteiger partial charge in [0.15, 0.2) is 17.2 Å². The topological polar surface area (TPSA) is 133 Å². The number of rotatable bonds is 12. The summed E-state index contributed by atoms with van der Waals surface area (Å²) >= 11 is 0. The Labute approximate surface area is 175 Å². The van der Waals surface area contributed by atoms with Gasteiger partial charge in [-0.1, -0.05) is 6.92 Å². The molecule has 1 amide bonds. The van der Waals surface area contributed by atoms with Crippen LogP contribution in [0.2, 0.25) is 0 Å². The zero-order valence-electron chi connectivity index (χ0n) is 18.0. The van der Waals surface area contributed by atoms with Gasteiger partial charge in [-0.3, -0.25) is 9.59 Å². The number of pyridine rings is 1. The number of carbonyl (C=O) groups excluding carboxylic acids is 3. The molecule has 10 nitrogen and oxygen atoms in total. The molecule has 0 spiro atoms. The fourth-order valence-corrected chi connectivity index (χ4v) is 2.64. The molecular formula is C20H30N2O8. The van der Waals surface area contributed by atoms with E-state index in [0.717, 1.165) is 0 Å². The number of aliphatic hydroxyl groups excluding tert-OH is 1. The van der Waals surface area contributed by atoms with Crippen LogP contribution in [0.3, 0.4) is 0 Å². The second-order valence-corrected chi connectivity index (χ2v) is 6.88. The van der Waals surface area contributed by atoms with E-state index in [1.165, 1.54) is 33.2 Å². The minimum absolute atomic E-state index is 0.0227. The molecule has 168 valence electrons. The van der Waals surface area contributed by atoms with E-state index in [4.69, 9.17) is 24.1 Å². The quantitative estimate of drug-likeness (QED) is 0.376. The van der Waals surface area contributed by atoms with Crippen molar-refractivity contribution in [1.29, 1.82) is 0 Å². The summed E-state index contributed by atoms with van der Waals surface area (Å²) in [4.78, 5) is 39.8. The standard InChI is InChI=1S/C20H30N2O8/c1-12(7-9-23)10-13(2)30-20(26)14(3)22-19(25)17-18(29-11-28-15(4)24)16(27-5)6-8-21-17/h6,8,12-14,23H,7,9-11H2,1-5H3,(H,22,25)/t12?,13?,14-/m0/s1. The van der Waals surface area contributed by atoms with E-state index in [1.54, 1.807) is 6.92 Å². The van der Waals surface area contributed by atoms with Crippen molar-refractivity contribution in [2.24, 2.45) is 5.92 Å². The minimum atomic E-state index is -0.942. The minimum Gasteiger partial charge on any atom is -0.493 e. The largest absolute Gasteiger partial charge is 0.493 e. The lowest BCUT2D eigenvalue weighted by atomic mass is 10.0. The highest BCUT2D eigenvalue weighted by Gasteiger charge is 2.25. The normalized spacial score (nSPS) is 13.5. The summed E-state index contributed by atoms with van der Waals surface area (Å²) in [5, 5.41) is 11.5. The number of aliphatic hydroxyl groups is 1. The van der Waals surface area contributed by atoms with Gasteiger partial charge in [0.25, 0.3) is 5.91 Å². The Balaban J connectivity index is 2.78. The van der Waals surface area contributed by atoms with E-state index in [2.05, 4.69) is 10.3 Å². The number of ether oxygens (including phenoxy) is 4. The summed E-state index contributed by atoms with van der Waals surface area (Å²) in [6.45, 7) is 6.06. The maximum atomic E-state index is 12.6. The lowest BCUT2D eigenvalue weighted by Crippen LogP contribution is -2.41. The van der Waals surface area contributed by atoms with Crippen molar-refractivity contribution in [3.8, 4) is 11.5 Å². The fourth-order valence-electron chi connectivity index (χ4n) is 2.64. The van der Waals surface area contributed by atoms with Crippen molar-refractivity contribution in [1.82, 2.24) is 10.3 Å². The molecule has 0 aliphatic rings. The van der Waals surface area contributed by atoms with Gasteiger partial charge in [-0.25, -0.2) is 9.78 Å². The number of esters is 2. The van der Waals surface area contributed by atoms with E-state index in [-0.39, 0.29) is 35.8 Å². The van der Waals surface area contributed by atoms with E-state index in [9.17, 15) is 14.4 Å². The average Bonchev–Trinajstić information content (AvgIpc) is 2.67. The molecule has 0 aliphatic carbocycles. The van der Waals surface area contributed by atoms with Gasteiger partial charge in [-0.2, -0.15) is 0 Å². The predicted molar refractivity (Wildman–Crippen MR) is 106 cm³/mol. The molecule has 0 aromatic carbocycles. The van der Waals surface area contributed by atoms with Crippen LogP contribution in [-0.2, 0) is 19.1 Å². The zero-order valence-corrected chi connectivity index (χ0v) is 18.0. The molecule has 2 N–H and O–H groups in total. The zero-order chi connectivity index (χ0) is 22.7. The second-order valence-electron chi connectivity index (χ2n) is 6.88. The van der Waals surface area contributed by atoms with Crippen LogP contribution in [0.15, 0.2) is 12.3 Å². The first-order valence-electron chi connectivity index (χ1n) is 9.60. The summed E-state index contributed by atoms with van der Waals surface area (Å²) in [5.74, 6) is -1.45. The van der Waals surface area contributed by atoms with Gasteiger partial charge in [0.2, 0.25) is 6.79 Å². The maximum absolute atomic E-state index is 12.6. The highest BCUT2D eigenvalue weighted by Crippen LogP contribution is 2.29. The predicted octanol–water partition coefficient (Wildman–Crippen LogP) is 1.45. The number of aromatic nitrogens is 1. The van der Waals surface area contributed by atoms with Crippen LogP contribution in [0.1, 0.15) is 51.0 Å². The molecule has 1 aromatic rings. The molecule has 2 unspecified atom stereocenters. The van der Waals surface area contributed by atoms with Gasteiger partial charge in [-0.05, 0) is 32.6 Å². The van der Waals surface area contributed by atoms with Crippen LogP contribution >= 0.6 is 0 Å². The number of amides is 1. The van der Waals surface area contributed by atoms with Gasteiger partial charge in [0, 0.05) is 25.8 Å². The first-order valence-corrected chi connectivity index (χ1v) is 9.60. The van der Waals surface area contributed by atoms with Gasteiger partial charge < -0.3 is 29.4 Å². The van der Waals surface area contributed by atoms with Gasteiger partial charge in [0.1, 0.15) is 6.04 Å². The number of hydrogen-bond acceptors (Lipinski definition) is 9. The Morgan fingerprint density at radius 2 is 1.93 bits per heavy atom. The Morgan fingerprint density at radius 3 is 2.53 bits per heavy atom. The molecule has 0 radical (unpaired) electrons. The third kappa shape index (κ3) is 8.24. The number of hydrogen-bond donors (Lipinski definition) is 2. The Morgan fingerprint density at radius 1 is 1.23 bits per heavy atom. The van der Waals surface area contributed by atoms with Crippen molar-refractivity contribution in [3.63, 3.8) is 0 Å². The third-order valence-corrected chi connectivity index (χ3v) is 4.14. The summed E-state index contributed by atoms with van der Waals surface area (Å²) in [6, 6.07) is 0.537. The molecule has 1 aromatic heterocycles. The van der Waals surface area contributed by atoms with Crippen LogP contribution in [0, 0.1) is 5.92 Å². The highest BCUT2D eigenvalue weighted by molar-refractivity contribution is 5.98. The Bertz CT molecular complexity index is 725. The first-order chi connectivity index (χ1) is 14.2. The molecule has 1 rings (SSSR count). The Kier molecular flexibility index (Phi) is 10.6. The molecule has 0 fully saturated rings. The Hall–Kier alpha value is -2.88. The molecular weight excluding hydrogens is 396 g/mol. The fraction of sp³-hybridized carbons (Fsp3) is 0.600. The third-order valence-electron chi connectivity index (χ3n) is 4.14. The molecule has 10 heteroatoms. The molecule has 1 heterocycles. The van der Waals surface area contributed by atoms with E-state index < -0.39 is 30.7 Å². The lowest BCUT2D eigenvalue weighted by molar-refractivity contribution is -0.151. The number of nitrogens with one attached hydrogen (secondary N) is 1. The summed E-state index contributed by atoms with van der Waals surface area (Å²) in [5.41, 5.74) is -0.134. The molecule has 3 atom stereocenters. The molecule has 30 heavy (non-hydrogen) atoms. The van der Waals surface area contributed by atoms with Crippen LogP contribution in [-0.4, -0.2) is 60.6 Å². The summed E-state index contributed by atoms with van der Waals surface area (Å²) in [7, 11) is 1.38. The molecule has 0 aliphatic heterocycles. The van der Waals surface area contributed by atoms with Crippen molar-refractivity contribution >= 4 is 17.8 Å². The average molecular weight is 426 g/mol. The molecule has 0 saturated heterocycles. The van der Waals surface area contributed by atoms with Gasteiger partial charge in [-0.15, -0.1) is 0 Å². The van der Waals surface area contributed by atoms with E-state index >= 15 is 0 Å². The summed E-state index contributed by atoms with van der Waals surface area (Å²) in [6.07, 6.45) is 2.20. The van der Waals surface area contributed by atoms with Gasteiger partial charge >= 0.3 is 11.9 Å². The van der Waals surface area contributed by atoms with Gasteiger partial charge in [0.05, 0.1) is 13.2 Å². The van der Waals surface area contributed by atoms with Crippen molar-refractivity contribution < 1.29 is 38.4 Å². The van der Waals surface area contributed by atoms with Crippen molar-refractivity contribution in [3.05, 3.63) is 18.0 Å². The summed E-state index contributed by atoms with van der Waals surface area (Å²) < 4.78 is 20.6. The second kappa shape index (κ2) is 12.6. The van der Waals surface area contributed by atoms with E-state index in [1.807, 2.05) is 6.92 Å². The molecule has 0 bridgehead atoms. The van der Waals surface area contributed by atoms with Crippen LogP contribution in [0.5, 0.6) is 11.5 Å². The van der Waals surface area contributed by atoms with Crippen LogP contribution < -0.4 is 14.8 Å². The SMILES string of the molecule is COc1ccnc(C(=O)N[C@@H](C)C(=O)OC(C)CC(C)CCO)c1OCOC(C)=O. The first kappa shape index (κ1) is 25.2. The number of carbonyl (C=O) groups is 3. The van der Waals surface area contributed by atoms with Crippen molar-refractivity contribution in [2.75, 3.05) is 20.5 Å². The number of methoxy groups -OCH3 is 1. The van der Waals surface area contributed by atoms with Crippen LogP contribution in [0.4, 0.5) is 0 Å². The monoisotopic (exact) mass is 426 g/mol. The molecule has 0 saturated carbocycles. The lowest BCUT2D eigenvalue weighted by Gasteiger charge is -2.20. The van der Waals surface area contributed by atoms with E-state index in [0.29, 0.717) is 12.8 Å².